The summed E-state index contributed by atoms with van der Waals surface area (Å²) >= 11 is 0. The van der Waals surface area contributed by atoms with Gasteiger partial charge in [0, 0.05) is 17.8 Å². The highest BCUT2D eigenvalue weighted by Crippen LogP contribution is 2.27. The minimum atomic E-state index is -0.790. The number of rotatable bonds is 6. The van der Waals surface area contributed by atoms with E-state index in [1.807, 2.05) is 6.07 Å². The van der Waals surface area contributed by atoms with Crippen molar-refractivity contribution >= 4 is 23.2 Å². The number of hydrogen-bond acceptors (Lipinski definition) is 8. The number of carbonyl (C=O) groups excluding carboxylic acids is 1. The SMILES string of the molecule is NC(=O)c1cc(F)c(N[C@@H]2CCCC[C@@H]2N)nc1Nc1cccc(-n2cnnn2)c1. The molecule has 0 unspecified atom stereocenters. The molecule has 2 atom stereocenters. The predicted molar refractivity (Wildman–Crippen MR) is 109 cm³/mol. The van der Waals surface area contributed by atoms with E-state index in [2.05, 4.69) is 31.1 Å². The van der Waals surface area contributed by atoms with E-state index in [1.165, 1.54) is 11.0 Å². The molecule has 1 aliphatic carbocycles. The first-order valence-corrected chi connectivity index (χ1v) is 9.64. The van der Waals surface area contributed by atoms with Crippen LogP contribution in [0.1, 0.15) is 36.0 Å². The highest BCUT2D eigenvalue weighted by atomic mass is 19.1. The van der Waals surface area contributed by atoms with Gasteiger partial charge in [-0.05, 0) is 47.5 Å². The lowest BCUT2D eigenvalue weighted by atomic mass is 9.91. The lowest BCUT2D eigenvalue weighted by molar-refractivity contribution is 0.100. The van der Waals surface area contributed by atoms with E-state index in [0.29, 0.717) is 11.4 Å². The van der Waals surface area contributed by atoms with Gasteiger partial charge >= 0.3 is 0 Å². The van der Waals surface area contributed by atoms with Crippen molar-refractivity contribution in [3.8, 4) is 5.69 Å². The fourth-order valence-electron chi connectivity index (χ4n) is 3.53. The molecule has 0 bridgehead atoms. The molecule has 10 nitrogen and oxygen atoms in total. The van der Waals surface area contributed by atoms with Crippen LogP contribution in [-0.4, -0.2) is 43.2 Å². The number of nitrogens with zero attached hydrogens (tertiary/aromatic N) is 5. The van der Waals surface area contributed by atoms with E-state index in [9.17, 15) is 9.18 Å². The Morgan fingerprint density at radius 1 is 1.20 bits per heavy atom. The van der Waals surface area contributed by atoms with Crippen LogP contribution < -0.4 is 22.1 Å². The van der Waals surface area contributed by atoms with Crippen LogP contribution >= 0.6 is 0 Å². The predicted octanol–water partition coefficient (Wildman–Crippen LogP) is 1.72. The fourth-order valence-corrected chi connectivity index (χ4v) is 3.53. The number of primary amides is 1. The van der Waals surface area contributed by atoms with E-state index in [1.54, 1.807) is 18.2 Å². The van der Waals surface area contributed by atoms with Gasteiger partial charge in [0.05, 0.1) is 11.3 Å². The second kappa shape index (κ2) is 8.41. The zero-order valence-corrected chi connectivity index (χ0v) is 16.1. The number of benzene rings is 1. The van der Waals surface area contributed by atoms with Gasteiger partial charge in [-0.25, -0.2) is 14.1 Å². The lowest BCUT2D eigenvalue weighted by Crippen LogP contribution is -2.43. The van der Waals surface area contributed by atoms with Crippen molar-refractivity contribution in [3.63, 3.8) is 0 Å². The number of nitrogens with one attached hydrogen (secondary N) is 2. The van der Waals surface area contributed by atoms with E-state index in [0.717, 1.165) is 31.7 Å². The first kappa shape index (κ1) is 19.7. The molecule has 1 fully saturated rings. The minimum absolute atomic E-state index is 0.0291. The Kier molecular flexibility index (Phi) is 5.53. The van der Waals surface area contributed by atoms with Gasteiger partial charge in [-0.2, -0.15) is 0 Å². The quantitative estimate of drug-likeness (QED) is 0.479. The topological polar surface area (TPSA) is 150 Å². The number of amides is 1. The lowest BCUT2D eigenvalue weighted by Gasteiger charge is -2.30. The monoisotopic (exact) mass is 411 g/mol. The number of anilines is 3. The molecule has 2 aromatic heterocycles. The summed E-state index contributed by atoms with van der Waals surface area (Å²) in [5.74, 6) is -1.28. The molecule has 1 amide bonds. The molecule has 30 heavy (non-hydrogen) atoms. The molecule has 156 valence electrons. The average molecular weight is 411 g/mol. The molecular weight excluding hydrogens is 389 g/mol. The Hall–Kier alpha value is -3.60. The Morgan fingerprint density at radius 3 is 2.77 bits per heavy atom. The van der Waals surface area contributed by atoms with Crippen molar-refractivity contribution in [2.45, 2.75) is 37.8 Å². The molecule has 0 spiro atoms. The number of nitrogens with two attached hydrogens (primary N) is 2. The molecule has 1 aromatic carbocycles. The second-order valence-corrected chi connectivity index (χ2v) is 7.21. The van der Waals surface area contributed by atoms with Crippen molar-refractivity contribution in [1.29, 1.82) is 0 Å². The highest BCUT2D eigenvalue weighted by molar-refractivity contribution is 5.98. The molecule has 6 N–H and O–H groups in total. The molecule has 1 saturated carbocycles. The van der Waals surface area contributed by atoms with E-state index < -0.39 is 11.7 Å². The summed E-state index contributed by atoms with van der Waals surface area (Å²) in [5.41, 5.74) is 12.8. The van der Waals surface area contributed by atoms with Gasteiger partial charge in [0.2, 0.25) is 0 Å². The van der Waals surface area contributed by atoms with E-state index >= 15 is 0 Å². The number of hydrogen-bond donors (Lipinski definition) is 4. The van der Waals surface area contributed by atoms with Crippen LogP contribution in [0.2, 0.25) is 0 Å². The van der Waals surface area contributed by atoms with Crippen LogP contribution in [0.3, 0.4) is 0 Å². The first-order valence-electron chi connectivity index (χ1n) is 9.64. The maximum Gasteiger partial charge on any atom is 0.252 e. The number of halogens is 1. The summed E-state index contributed by atoms with van der Waals surface area (Å²) in [6, 6.07) is 8.04. The molecular formula is C19H22FN9O. The Balaban J connectivity index is 1.64. The standard InChI is InChI=1S/C19H22FN9O/c20-14-9-13(17(22)30)18(26-19(14)25-16-7-2-1-6-15(16)21)24-11-4-3-5-12(8-11)29-10-23-27-28-29/h3-5,8-10,15-16H,1-2,6-7,21H2,(H2,22,30)(H2,24,25,26)/t15-,16+/m0/s1. The second-order valence-electron chi connectivity index (χ2n) is 7.21. The summed E-state index contributed by atoms with van der Waals surface area (Å²) in [7, 11) is 0. The molecule has 0 saturated heterocycles. The molecule has 0 radical (unpaired) electrons. The van der Waals surface area contributed by atoms with Crippen LogP contribution in [0, 0.1) is 5.82 Å². The molecule has 11 heteroatoms. The fraction of sp³-hybridized carbons (Fsp3) is 0.316. The van der Waals surface area contributed by atoms with Gasteiger partial charge in [-0.3, -0.25) is 4.79 Å². The van der Waals surface area contributed by atoms with E-state index in [4.69, 9.17) is 11.5 Å². The smallest absolute Gasteiger partial charge is 0.252 e. The maximum atomic E-state index is 14.6. The van der Waals surface area contributed by atoms with Crippen LogP contribution in [0.25, 0.3) is 5.69 Å². The summed E-state index contributed by atoms with van der Waals surface area (Å²) in [6.07, 6.45) is 5.23. The third-order valence-electron chi connectivity index (χ3n) is 5.11. The number of pyridine rings is 1. The average Bonchev–Trinajstić information content (AvgIpc) is 3.27. The Morgan fingerprint density at radius 2 is 2.03 bits per heavy atom. The first-order chi connectivity index (χ1) is 14.5. The zero-order chi connectivity index (χ0) is 21.1. The molecule has 2 heterocycles. The molecule has 4 rings (SSSR count). The summed E-state index contributed by atoms with van der Waals surface area (Å²) in [6.45, 7) is 0. The minimum Gasteiger partial charge on any atom is -0.365 e. The Bertz CT molecular complexity index is 1040. The summed E-state index contributed by atoms with van der Waals surface area (Å²) < 4.78 is 16.1. The van der Waals surface area contributed by atoms with Gasteiger partial charge in [-0.15, -0.1) is 5.10 Å². The van der Waals surface area contributed by atoms with E-state index in [-0.39, 0.29) is 29.3 Å². The van der Waals surface area contributed by atoms with Gasteiger partial charge < -0.3 is 22.1 Å². The van der Waals surface area contributed by atoms with Crippen LogP contribution in [0.4, 0.5) is 21.7 Å². The number of tetrazole rings is 1. The molecule has 3 aromatic rings. The Labute approximate surface area is 171 Å². The number of aromatic nitrogens is 5. The van der Waals surface area contributed by atoms with Gasteiger partial charge in [0.25, 0.3) is 5.91 Å². The number of carbonyl (C=O) groups is 1. The largest absolute Gasteiger partial charge is 0.365 e. The molecule has 1 aliphatic rings. The van der Waals surface area contributed by atoms with Crippen LogP contribution in [0.5, 0.6) is 0 Å². The molecule has 0 aliphatic heterocycles. The van der Waals surface area contributed by atoms with Crippen LogP contribution in [0.15, 0.2) is 36.7 Å². The van der Waals surface area contributed by atoms with Crippen molar-refractivity contribution < 1.29 is 9.18 Å². The third-order valence-corrected chi connectivity index (χ3v) is 5.11. The van der Waals surface area contributed by atoms with Crippen molar-refractivity contribution in [1.82, 2.24) is 25.2 Å². The van der Waals surface area contributed by atoms with Gasteiger partial charge in [-0.1, -0.05) is 18.9 Å². The van der Waals surface area contributed by atoms with Crippen molar-refractivity contribution in [2.75, 3.05) is 10.6 Å². The van der Waals surface area contributed by atoms with Crippen LogP contribution in [-0.2, 0) is 0 Å². The summed E-state index contributed by atoms with van der Waals surface area (Å²) in [4.78, 5) is 16.2. The van der Waals surface area contributed by atoms with Crippen molar-refractivity contribution in [2.24, 2.45) is 11.5 Å². The zero-order valence-electron chi connectivity index (χ0n) is 16.1. The normalized spacial score (nSPS) is 18.7. The third kappa shape index (κ3) is 4.20. The highest BCUT2D eigenvalue weighted by Gasteiger charge is 2.24. The summed E-state index contributed by atoms with van der Waals surface area (Å²) in [5, 5.41) is 17.2. The maximum absolute atomic E-state index is 14.6. The van der Waals surface area contributed by atoms with Gasteiger partial charge in [0.1, 0.15) is 12.1 Å². The van der Waals surface area contributed by atoms with Gasteiger partial charge in [0.15, 0.2) is 11.6 Å². The van der Waals surface area contributed by atoms with Crippen molar-refractivity contribution in [3.05, 3.63) is 48.0 Å².